The summed E-state index contributed by atoms with van der Waals surface area (Å²) in [4.78, 5) is 4.45. The molecule has 0 aliphatic carbocycles. The number of nitrogens with zero attached hydrogens (tertiary/aromatic N) is 2. The Labute approximate surface area is 126 Å². The van der Waals surface area contributed by atoms with Gasteiger partial charge in [0.15, 0.2) is 0 Å². The van der Waals surface area contributed by atoms with E-state index in [9.17, 15) is 0 Å². The van der Waals surface area contributed by atoms with Gasteiger partial charge in [-0.3, -0.25) is 0 Å². The molecular weight excluding hydrogens is 316 g/mol. The Balaban J connectivity index is 1.71. The number of ether oxygens (including phenoxy) is 1. The molecule has 3 aromatic rings. The molecule has 0 fully saturated rings. The van der Waals surface area contributed by atoms with Gasteiger partial charge in [-0.15, -0.1) is 0 Å². The summed E-state index contributed by atoms with van der Waals surface area (Å²) in [6, 6.07) is 12.1. The lowest BCUT2D eigenvalue weighted by molar-refractivity contribution is 0.316. The maximum absolute atomic E-state index is 5.82. The first-order valence-electron chi connectivity index (χ1n) is 6.54. The lowest BCUT2D eigenvalue weighted by Crippen LogP contribution is -2.05. The van der Waals surface area contributed by atoms with Crippen molar-refractivity contribution in [3.63, 3.8) is 0 Å². The lowest BCUT2D eigenvalue weighted by Gasteiger charge is -2.08. The number of imidazole rings is 1. The van der Waals surface area contributed by atoms with E-state index in [2.05, 4.69) is 38.3 Å². The zero-order chi connectivity index (χ0) is 13.9. The van der Waals surface area contributed by atoms with E-state index in [1.165, 1.54) is 0 Å². The summed E-state index contributed by atoms with van der Waals surface area (Å²) in [5, 5.41) is 0. The van der Waals surface area contributed by atoms with E-state index in [0.717, 1.165) is 33.5 Å². The van der Waals surface area contributed by atoms with Gasteiger partial charge in [-0.25, -0.2) is 4.98 Å². The number of aromatic nitrogens is 2. The Morgan fingerprint density at radius 2 is 2.05 bits per heavy atom. The average molecular weight is 331 g/mol. The zero-order valence-corrected chi connectivity index (χ0v) is 12.8. The van der Waals surface area contributed by atoms with Gasteiger partial charge in [-0.05, 0) is 46.6 Å². The summed E-state index contributed by atoms with van der Waals surface area (Å²) in [6.45, 7) is 2.67. The number of para-hydroxylation sites is 1. The van der Waals surface area contributed by atoms with Crippen molar-refractivity contribution in [2.45, 2.75) is 13.3 Å². The maximum atomic E-state index is 5.82. The molecule has 3 nitrogen and oxygen atoms in total. The van der Waals surface area contributed by atoms with Crippen LogP contribution in [0.3, 0.4) is 0 Å². The molecule has 0 unspecified atom stereocenters. The minimum atomic E-state index is 0.622. The van der Waals surface area contributed by atoms with Crippen LogP contribution in [0.2, 0.25) is 0 Å². The number of hydrogen-bond acceptors (Lipinski definition) is 2. The first-order valence-corrected chi connectivity index (χ1v) is 7.33. The van der Waals surface area contributed by atoms with Gasteiger partial charge in [0.2, 0.25) is 0 Å². The molecule has 0 N–H and O–H groups in total. The second-order valence-electron chi connectivity index (χ2n) is 4.68. The van der Waals surface area contributed by atoms with Crippen LogP contribution in [0.15, 0.2) is 53.3 Å². The second kappa shape index (κ2) is 5.67. The van der Waals surface area contributed by atoms with E-state index in [1.807, 2.05) is 42.7 Å². The summed E-state index contributed by atoms with van der Waals surface area (Å²) in [6.07, 6.45) is 4.69. The van der Waals surface area contributed by atoms with Crippen molar-refractivity contribution < 1.29 is 4.74 Å². The molecule has 0 atom stereocenters. The van der Waals surface area contributed by atoms with Crippen molar-refractivity contribution in [2.75, 3.05) is 6.61 Å². The van der Waals surface area contributed by atoms with Gasteiger partial charge in [-0.1, -0.05) is 18.2 Å². The minimum Gasteiger partial charge on any atom is -0.493 e. The van der Waals surface area contributed by atoms with Crippen LogP contribution in [0, 0.1) is 6.92 Å². The number of pyridine rings is 1. The minimum absolute atomic E-state index is 0.622. The summed E-state index contributed by atoms with van der Waals surface area (Å²) >= 11 is 3.49. The molecule has 2 aromatic heterocycles. The fourth-order valence-corrected chi connectivity index (χ4v) is 2.51. The Hall–Kier alpha value is -1.81. The molecule has 0 bridgehead atoms. The highest BCUT2D eigenvalue weighted by Crippen LogP contribution is 2.17. The summed E-state index contributed by atoms with van der Waals surface area (Å²) in [5.41, 5.74) is 2.25. The van der Waals surface area contributed by atoms with Crippen molar-refractivity contribution >= 4 is 21.4 Å². The Bertz CT molecular complexity index is 736. The van der Waals surface area contributed by atoms with Crippen molar-refractivity contribution in [3.05, 3.63) is 64.7 Å². The van der Waals surface area contributed by atoms with E-state index >= 15 is 0 Å². The van der Waals surface area contributed by atoms with Gasteiger partial charge in [0.1, 0.15) is 11.6 Å². The van der Waals surface area contributed by atoms with E-state index in [-0.39, 0.29) is 0 Å². The molecule has 0 spiro atoms. The summed E-state index contributed by atoms with van der Waals surface area (Å²) in [7, 11) is 0. The third kappa shape index (κ3) is 2.70. The van der Waals surface area contributed by atoms with Gasteiger partial charge < -0.3 is 9.14 Å². The summed E-state index contributed by atoms with van der Waals surface area (Å²) < 4.78 is 8.96. The molecule has 0 aliphatic rings. The van der Waals surface area contributed by atoms with Crippen LogP contribution < -0.4 is 4.74 Å². The molecule has 0 saturated carbocycles. The third-order valence-electron chi connectivity index (χ3n) is 3.24. The lowest BCUT2D eigenvalue weighted by atomic mass is 10.2. The molecule has 0 radical (unpaired) electrons. The third-order valence-corrected chi connectivity index (χ3v) is 3.71. The quantitative estimate of drug-likeness (QED) is 0.722. The highest BCUT2D eigenvalue weighted by molar-refractivity contribution is 9.10. The van der Waals surface area contributed by atoms with Crippen LogP contribution in [-0.2, 0) is 6.42 Å². The van der Waals surface area contributed by atoms with E-state index < -0.39 is 0 Å². The normalized spacial score (nSPS) is 10.9. The van der Waals surface area contributed by atoms with Gasteiger partial charge in [0, 0.05) is 17.1 Å². The summed E-state index contributed by atoms with van der Waals surface area (Å²) in [5.74, 6) is 1.95. The molecule has 2 heterocycles. The molecule has 4 heteroatoms. The topological polar surface area (TPSA) is 26.5 Å². The number of fused-ring (bicyclic) bond motifs is 1. The maximum Gasteiger partial charge on any atom is 0.122 e. The van der Waals surface area contributed by atoms with Crippen molar-refractivity contribution in [2.24, 2.45) is 0 Å². The number of halogens is 1. The van der Waals surface area contributed by atoms with Crippen molar-refractivity contribution in [1.82, 2.24) is 9.38 Å². The van der Waals surface area contributed by atoms with Gasteiger partial charge in [0.25, 0.3) is 0 Å². The van der Waals surface area contributed by atoms with E-state index in [0.29, 0.717) is 6.61 Å². The Morgan fingerprint density at radius 1 is 1.20 bits per heavy atom. The van der Waals surface area contributed by atoms with Crippen molar-refractivity contribution in [3.8, 4) is 5.75 Å². The average Bonchev–Trinajstić information content (AvgIpc) is 2.83. The van der Waals surface area contributed by atoms with Crippen LogP contribution in [0.1, 0.15) is 11.4 Å². The van der Waals surface area contributed by atoms with Crippen LogP contribution in [0.5, 0.6) is 5.75 Å². The monoisotopic (exact) mass is 330 g/mol. The van der Waals surface area contributed by atoms with E-state index in [1.54, 1.807) is 0 Å². The highest BCUT2D eigenvalue weighted by Gasteiger charge is 2.05. The number of rotatable bonds is 4. The highest BCUT2D eigenvalue weighted by atomic mass is 79.9. The molecule has 1 aromatic carbocycles. The van der Waals surface area contributed by atoms with Gasteiger partial charge >= 0.3 is 0 Å². The smallest absolute Gasteiger partial charge is 0.122 e. The predicted molar refractivity (Wildman–Crippen MR) is 83.3 cm³/mol. The molecule has 102 valence electrons. The molecule has 20 heavy (non-hydrogen) atoms. The predicted octanol–water partition coefficient (Wildman–Crippen LogP) is 4.03. The van der Waals surface area contributed by atoms with Crippen LogP contribution >= 0.6 is 15.9 Å². The Morgan fingerprint density at radius 3 is 2.90 bits per heavy atom. The fraction of sp³-hybridized carbons (Fsp3) is 0.188. The molecule has 0 amide bonds. The molecule has 3 rings (SSSR count). The van der Waals surface area contributed by atoms with Gasteiger partial charge in [0.05, 0.1) is 18.3 Å². The number of aryl methyl sites for hydroxylation is 1. The first kappa shape index (κ1) is 13.2. The molecule has 0 saturated heterocycles. The fourth-order valence-electron chi connectivity index (χ4n) is 2.17. The SMILES string of the molecule is Cc1ccccc1OCCc1ncc2ccc(Br)cn12. The van der Waals surface area contributed by atoms with E-state index in [4.69, 9.17) is 4.74 Å². The van der Waals surface area contributed by atoms with Crippen LogP contribution in [0.4, 0.5) is 0 Å². The molecular formula is C16H15BrN2O. The standard InChI is InChI=1S/C16H15BrN2O/c1-12-4-2-3-5-15(12)20-9-8-16-18-10-14-7-6-13(17)11-19(14)16/h2-7,10-11H,8-9H2,1H3. The largest absolute Gasteiger partial charge is 0.493 e. The first-order chi connectivity index (χ1) is 9.74. The van der Waals surface area contributed by atoms with Crippen LogP contribution in [-0.4, -0.2) is 16.0 Å². The number of benzene rings is 1. The molecule has 0 aliphatic heterocycles. The van der Waals surface area contributed by atoms with Crippen molar-refractivity contribution in [1.29, 1.82) is 0 Å². The Kier molecular flexibility index (Phi) is 3.74. The second-order valence-corrected chi connectivity index (χ2v) is 5.60. The zero-order valence-electron chi connectivity index (χ0n) is 11.2. The van der Waals surface area contributed by atoms with Crippen LogP contribution in [0.25, 0.3) is 5.52 Å². The number of hydrogen-bond donors (Lipinski definition) is 0. The van der Waals surface area contributed by atoms with Gasteiger partial charge in [-0.2, -0.15) is 0 Å².